The molecule has 0 aliphatic heterocycles. The van der Waals surface area contributed by atoms with Crippen molar-refractivity contribution in [3.05, 3.63) is 17.5 Å². The van der Waals surface area contributed by atoms with Crippen LogP contribution in [0.2, 0.25) is 0 Å². The highest BCUT2D eigenvalue weighted by molar-refractivity contribution is 5.76. The van der Waals surface area contributed by atoms with E-state index in [4.69, 9.17) is 0 Å². The second-order valence-corrected chi connectivity index (χ2v) is 3.22. The van der Waals surface area contributed by atoms with E-state index in [9.17, 15) is 4.79 Å². The van der Waals surface area contributed by atoms with Crippen molar-refractivity contribution in [2.75, 3.05) is 18.0 Å². The molecule has 1 aromatic heterocycles. The van der Waals surface area contributed by atoms with Gasteiger partial charge in [-0.3, -0.25) is 4.79 Å². The predicted octanol–water partition coefficient (Wildman–Crippen LogP) is 1.70. The number of aromatic nitrogens is 2. The van der Waals surface area contributed by atoms with Crippen LogP contribution < -0.4 is 4.90 Å². The fourth-order valence-corrected chi connectivity index (χ4v) is 1.46. The third-order valence-corrected chi connectivity index (χ3v) is 2.40. The molecule has 0 N–H and O–H groups in total. The molecule has 4 heteroatoms. The van der Waals surface area contributed by atoms with Gasteiger partial charge in [0, 0.05) is 19.3 Å². The van der Waals surface area contributed by atoms with Gasteiger partial charge in [0.25, 0.3) is 0 Å². The fraction of sp³-hybridized carbons (Fsp3) is 0.545. The monoisotopic (exact) mass is 207 g/mol. The number of nitrogens with zero attached hydrogens (tertiary/aromatic N) is 3. The Kier molecular flexibility index (Phi) is 4.21. The van der Waals surface area contributed by atoms with Gasteiger partial charge in [0.2, 0.25) is 5.95 Å². The average molecular weight is 207 g/mol. The average Bonchev–Trinajstić information content (AvgIpc) is 2.30. The van der Waals surface area contributed by atoms with Crippen LogP contribution in [0.1, 0.15) is 36.8 Å². The molecule has 0 radical (unpaired) electrons. The van der Waals surface area contributed by atoms with Gasteiger partial charge in [0.05, 0.1) is 11.3 Å². The summed E-state index contributed by atoms with van der Waals surface area (Å²) in [5, 5.41) is 0. The maximum atomic E-state index is 10.7. The van der Waals surface area contributed by atoms with E-state index < -0.39 is 0 Å². The van der Waals surface area contributed by atoms with Crippen molar-refractivity contribution in [1.29, 1.82) is 0 Å². The Morgan fingerprint density at radius 2 is 2.00 bits per heavy atom. The molecule has 0 bridgehead atoms. The molecule has 0 saturated heterocycles. The molecule has 1 aromatic rings. The summed E-state index contributed by atoms with van der Waals surface area (Å²) in [5.41, 5.74) is 1.41. The van der Waals surface area contributed by atoms with Crippen molar-refractivity contribution in [2.24, 2.45) is 0 Å². The lowest BCUT2D eigenvalue weighted by molar-refractivity contribution is 0.112. The van der Waals surface area contributed by atoms with E-state index in [1.807, 2.05) is 6.92 Å². The van der Waals surface area contributed by atoms with Crippen molar-refractivity contribution in [3.63, 3.8) is 0 Å². The zero-order valence-corrected chi connectivity index (χ0v) is 9.53. The minimum Gasteiger partial charge on any atom is -0.341 e. The maximum Gasteiger partial charge on any atom is 0.225 e. The third-order valence-electron chi connectivity index (χ3n) is 2.40. The molecule has 82 valence electrons. The molecule has 0 amide bonds. The van der Waals surface area contributed by atoms with Crippen LogP contribution >= 0.6 is 0 Å². The van der Waals surface area contributed by atoms with E-state index in [2.05, 4.69) is 28.7 Å². The molecule has 0 aliphatic rings. The molecule has 0 atom stereocenters. The summed E-state index contributed by atoms with van der Waals surface area (Å²) in [7, 11) is 0. The Hall–Kier alpha value is -1.45. The highest BCUT2D eigenvalue weighted by Gasteiger charge is 2.08. The number of anilines is 1. The summed E-state index contributed by atoms with van der Waals surface area (Å²) < 4.78 is 0. The molecule has 0 saturated carbocycles. The van der Waals surface area contributed by atoms with E-state index in [1.54, 1.807) is 6.20 Å². The molecular formula is C11H17N3O. The lowest BCUT2D eigenvalue weighted by Crippen LogP contribution is -2.24. The van der Waals surface area contributed by atoms with Gasteiger partial charge in [-0.1, -0.05) is 6.92 Å². The first-order valence-corrected chi connectivity index (χ1v) is 5.32. The second-order valence-electron chi connectivity index (χ2n) is 3.22. The molecule has 1 rings (SSSR count). The quantitative estimate of drug-likeness (QED) is 0.689. The number of carbonyl (C=O) groups excluding carboxylic acids is 1. The fourth-order valence-electron chi connectivity index (χ4n) is 1.46. The molecule has 15 heavy (non-hydrogen) atoms. The van der Waals surface area contributed by atoms with Crippen LogP contribution in [0.15, 0.2) is 6.20 Å². The maximum absolute atomic E-state index is 10.7. The number of aldehydes is 1. The van der Waals surface area contributed by atoms with Crippen molar-refractivity contribution in [1.82, 2.24) is 9.97 Å². The summed E-state index contributed by atoms with van der Waals surface area (Å²) in [6.07, 6.45) is 3.17. The van der Waals surface area contributed by atoms with Gasteiger partial charge in [-0.05, 0) is 20.3 Å². The Balaban J connectivity index is 3.06. The van der Waals surface area contributed by atoms with Crippen LogP contribution in [-0.4, -0.2) is 29.3 Å². The van der Waals surface area contributed by atoms with E-state index in [-0.39, 0.29) is 0 Å². The smallest absolute Gasteiger partial charge is 0.225 e. The molecule has 4 nitrogen and oxygen atoms in total. The molecule has 0 aliphatic carbocycles. The summed E-state index contributed by atoms with van der Waals surface area (Å²) in [6, 6.07) is 0. The van der Waals surface area contributed by atoms with Gasteiger partial charge < -0.3 is 4.90 Å². The van der Waals surface area contributed by atoms with Gasteiger partial charge in [-0.25, -0.2) is 9.97 Å². The van der Waals surface area contributed by atoms with Crippen LogP contribution in [0.4, 0.5) is 5.95 Å². The molecular weight excluding hydrogens is 190 g/mol. The number of carbonyl (C=O) groups is 1. The van der Waals surface area contributed by atoms with E-state index in [0.29, 0.717) is 11.5 Å². The van der Waals surface area contributed by atoms with E-state index in [1.165, 1.54) is 0 Å². The minimum atomic E-state index is 0.591. The van der Waals surface area contributed by atoms with Crippen LogP contribution in [0.3, 0.4) is 0 Å². The summed E-state index contributed by atoms with van der Waals surface area (Å²) in [5.74, 6) is 0.711. The first-order chi connectivity index (χ1) is 7.26. The van der Waals surface area contributed by atoms with Crippen LogP contribution in [0.25, 0.3) is 0 Å². The highest BCUT2D eigenvalue weighted by Crippen LogP contribution is 2.10. The van der Waals surface area contributed by atoms with E-state index >= 15 is 0 Å². The lowest BCUT2D eigenvalue weighted by Gasteiger charge is -2.18. The van der Waals surface area contributed by atoms with Gasteiger partial charge in [0.15, 0.2) is 6.29 Å². The number of aryl methyl sites for hydroxylation is 1. The van der Waals surface area contributed by atoms with E-state index in [0.717, 1.165) is 31.5 Å². The first-order valence-electron chi connectivity index (χ1n) is 5.32. The molecule has 0 aromatic carbocycles. The third kappa shape index (κ3) is 2.52. The summed E-state index contributed by atoms with van der Waals surface area (Å²) >= 11 is 0. The normalized spacial score (nSPS) is 10.1. The second kappa shape index (κ2) is 5.44. The predicted molar refractivity (Wildman–Crippen MR) is 60.4 cm³/mol. The topological polar surface area (TPSA) is 46.1 Å². The van der Waals surface area contributed by atoms with Crippen molar-refractivity contribution >= 4 is 12.2 Å². The minimum absolute atomic E-state index is 0.591. The summed E-state index contributed by atoms with van der Waals surface area (Å²) in [4.78, 5) is 21.3. The lowest BCUT2D eigenvalue weighted by atomic mass is 10.2. The summed E-state index contributed by atoms with van der Waals surface area (Å²) in [6.45, 7) is 7.86. The molecule has 0 fully saturated rings. The Morgan fingerprint density at radius 3 is 2.47 bits per heavy atom. The SMILES string of the molecule is CCc1nc(N(CC)CC)ncc1C=O. The number of hydrogen-bond acceptors (Lipinski definition) is 4. The zero-order valence-electron chi connectivity index (χ0n) is 9.53. The molecule has 1 heterocycles. The first kappa shape index (κ1) is 11.6. The van der Waals surface area contributed by atoms with Crippen molar-refractivity contribution in [2.45, 2.75) is 27.2 Å². The highest BCUT2D eigenvalue weighted by atomic mass is 16.1. The zero-order chi connectivity index (χ0) is 11.3. The Labute approximate surface area is 90.3 Å². The van der Waals surface area contributed by atoms with Crippen molar-refractivity contribution < 1.29 is 4.79 Å². The Morgan fingerprint density at radius 1 is 1.33 bits per heavy atom. The van der Waals surface area contributed by atoms with Gasteiger partial charge >= 0.3 is 0 Å². The molecule has 0 spiro atoms. The largest absolute Gasteiger partial charge is 0.341 e. The van der Waals surface area contributed by atoms with Crippen LogP contribution in [0.5, 0.6) is 0 Å². The van der Waals surface area contributed by atoms with Gasteiger partial charge in [0.1, 0.15) is 0 Å². The van der Waals surface area contributed by atoms with Gasteiger partial charge in [-0.2, -0.15) is 0 Å². The van der Waals surface area contributed by atoms with Crippen molar-refractivity contribution in [3.8, 4) is 0 Å². The number of hydrogen-bond donors (Lipinski definition) is 0. The molecule has 0 unspecified atom stereocenters. The van der Waals surface area contributed by atoms with Crippen LogP contribution in [0, 0.1) is 0 Å². The number of rotatable bonds is 5. The Bertz CT molecular complexity index is 335. The van der Waals surface area contributed by atoms with Crippen LogP contribution in [-0.2, 0) is 6.42 Å². The van der Waals surface area contributed by atoms with Gasteiger partial charge in [-0.15, -0.1) is 0 Å². The standard InChI is InChI=1S/C11H17N3O/c1-4-10-9(8-15)7-12-11(13-10)14(5-2)6-3/h7-8H,4-6H2,1-3H3.